The topological polar surface area (TPSA) is 52.6 Å². The fourth-order valence-electron chi connectivity index (χ4n) is 2.20. The Kier molecular flexibility index (Phi) is 3.64. The molecular weight excluding hydrogens is 216 g/mol. The number of anilines is 1. The van der Waals surface area contributed by atoms with Crippen molar-refractivity contribution in [1.29, 1.82) is 0 Å². The minimum absolute atomic E-state index is 0.327. The van der Waals surface area contributed by atoms with Crippen molar-refractivity contribution in [2.24, 2.45) is 0 Å². The average molecular weight is 234 g/mol. The Hall–Kier alpha value is -1.55. The van der Waals surface area contributed by atoms with E-state index in [-0.39, 0.29) is 0 Å². The smallest absolute Gasteiger partial charge is 0.335 e. The summed E-state index contributed by atoms with van der Waals surface area (Å²) in [5, 5.41) is 12.1. The van der Waals surface area contributed by atoms with E-state index in [0.717, 1.165) is 12.2 Å². The van der Waals surface area contributed by atoms with Crippen LogP contribution in [-0.2, 0) is 0 Å². The van der Waals surface area contributed by atoms with Gasteiger partial charge in [-0.3, -0.25) is 0 Å². The Morgan fingerprint density at radius 3 is 2.71 bits per heavy atom. The number of rotatable bonds is 4. The highest BCUT2D eigenvalue weighted by atomic mass is 16.4. The third kappa shape index (κ3) is 2.97. The molecule has 0 bridgehead atoms. The molecule has 1 aliphatic rings. The van der Waals surface area contributed by atoms with Gasteiger partial charge in [-0.15, -0.1) is 0 Å². The first-order valence-corrected chi connectivity index (χ1v) is 5.94. The molecule has 17 heavy (non-hydrogen) atoms. The number of nitrogens with one attached hydrogen (secondary N) is 1. The van der Waals surface area contributed by atoms with E-state index in [4.69, 9.17) is 5.11 Å². The van der Waals surface area contributed by atoms with Gasteiger partial charge in [0, 0.05) is 18.3 Å². The second-order valence-corrected chi connectivity index (χ2v) is 4.54. The van der Waals surface area contributed by atoms with E-state index in [1.165, 1.54) is 19.4 Å². The van der Waals surface area contributed by atoms with Crippen molar-refractivity contribution in [1.82, 2.24) is 4.90 Å². The van der Waals surface area contributed by atoms with Gasteiger partial charge in [0.15, 0.2) is 0 Å². The summed E-state index contributed by atoms with van der Waals surface area (Å²) in [6, 6.07) is 7.48. The Morgan fingerprint density at radius 1 is 1.47 bits per heavy atom. The predicted octanol–water partition coefficient (Wildman–Crippen LogP) is 1.89. The standard InChI is InChI=1S/C13H18N2O2/c1-15-8-2-3-12(15)9-14-11-6-4-10(5-7-11)13(16)17/h4-7,12,14H,2-3,8-9H2,1H3,(H,16,17). The van der Waals surface area contributed by atoms with Crippen LogP contribution in [0.3, 0.4) is 0 Å². The molecule has 1 aliphatic heterocycles. The molecular formula is C13H18N2O2. The number of hydrogen-bond acceptors (Lipinski definition) is 3. The Labute approximate surface area is 101 Å². The van der Waals surface area contributed by atoms with Gasteiger partial charge in [0.25, 0.3) is 0 Å². The zero-order valence-corrected chi connectivity index (χ0v) is 10.0. The van der Waals surface area contributed by atoms with Gasteiger partial charge in [0.1, 0.15) is 0 Å². The fraction of sp³-hybridized carbons (Fsp3) is 0.462. The number of aromatic carboxylic acids is 1. The van der Waals surface area contributed by atoms with Crippen LogP contribution in [-0.4, -0.2) is 42.2 Å². The maximum Gasteiger partial charge on any atom is 0.335 e. The molecule has 92 valence electrons. The number of likely N-dealkylation sites (N-methyl/N-ethyl adjacent to an activating group) is 1. The number of likely N-dealkylation sites (tertiary alicyclic amines) is 1. The van der Waals surface area contributed by atoms with Gasteiger partial charge in [-0.25, -0.2) is 4.79 Å². The van der Waals surface area contributed by atoms with Gasteiger partial charge >= 0.3 is 5.97 Å². The Bertz CT molecular complexity index is 389. The van der Waals surface area contributed by atoms with E-state index >= 15 is 0 Å². The lowest BCUT2D eigenvalue weighted by Gasteiger charge is -2.20. The van der Waals surface area contributed by atoms with Gasteiger partial charge in [-0.1, -0.05) is 0 Å². The van der Waals surface area contributed by atoms with Crippen molar-refractivity contribution in [2.45, 2.75) is 18.9 Å². The third-order valence-corrected chi connectivity index (χ3v) is 3.35. The third-order valence-electron chi connectivity index (χ3n) is 3.35. The summed E-state index contributed by atoms with van der Waals surface area (Å²) in [5.41, 5.74) is 1.31. The molecule has 0 aliphatic carbocycles. The molecule has 1 heterocycles. The van der Waals surface area contributed by atoms with Gasteiger partial charge in [-0.2, -0.15) is 0 Å². The van der Waals surface area contributed by atoms with E-state index in [0.29, 0.717) is 11.6 Å². The van der Waals surface area contributed by atoms with Crippen molar-refractivity contribution >= 4 is 11.7 Å². The van der Waals surface area contributed by atoms with E-state index in [2.05, 4.69) is 17.3 Å². The van der Waals surface area contributed by atoms with E-state index in [9.17, 15) is 4.79 Å². The highest BCUT2D eigenvalue weighted by Gasteiger charge is 2.19. The van der Waals surface area contributed by atoms with Crippen molar-refractivity contribution in [3.63, 3.8) is 0 Å². The highest BCUT2D eigenvalue weighted by Crippen LogP contribution is 2.16. The second-order valence-electron chi connectivity index (χ2n) is 4.54. The quantitative estimate of drug-likeness (QED) is 0.835. The first kappa shape index (κ1) is 11.9. The van der Waals surface area contributed by atoms with Crippen LogP contribution in [0.25, 0.3) is 0 Å². The van der Waals surface area contributed by atoms with Crippen LogP contribution < -0.4 is 5.32 Å². The molecule has 0 radical (unpaired) electrons. The summed E-state index contributed by atoms with van der Waals surface area (Å²) in [4.78, 5) is 13.1. The molecule has 0 amide bonds. The number of nitrogens with zero attached hydrogens (tertiary/aromatic N) is 1. The Morgan fingerprint density at radius 2 is 2.18 bits per heavy atom. The molecule has 2 N–H and O–H groups in total. The average Bonchev–Trinajstić information content (AvgIpc) is 2.73. The van der Waals surface area contributed by atoms with E-state index in [1.54, 1.807) is 12.1 Å². The zero-order chi connectivity index (χ0) is 12.3. The van der Waals surface area contributed by atoms with Crippen LogP contribution in [0, 0.1) is 0 Å². The monoisotopic (exact) mass is 234 g/mol. The molecule has 0 saturated carbocycles. The molecule has 1 atom stereocenters. The number of hydrogen-bond donors (Lipinski definition) is 2. The van der Waals surface area contributed by atoms with Crippen molar-refractivity contribution in [3.05, 3.63) is 29.8 Å². The summed E-state index contributed by atoms with van der Waals surface area (Å²) >= 11 is 0. The normalized spacial score (nSPS) is 20.4. The predicted molar refractivity (Wildman–Crippen MR) is 67.5 cm³/mol. The molecule has 2 rings (SSSR count). The van der Waals surface area contributed by atoms with Crippen LogP contribution in [0.5, 0.6) is 0 Å². The number of carbonyl (C=O) groups is 1. The van der Waals surface area contributed by atoms with Crippen LogP contribution in [0.4, 0.5) is 5.69 Å². The summed E-state index contributed by atoms with van der Waals surface area (Å²) < 4.78 is 0. The lowest BCUT2D eigenvalue weighted by molar-refractivity contribution is 0.0697. The first-order valence-electron chi connectivity index (χ1n) is 5.94. The first-order chi connectivity index (χ1) is 8.16. The van der Waals surface area contributed by atoms with Crippen LogP contribution >= 0.6 is 0 Å². The van der Waals surface area contributed by atoms with E-state index < -0.39 is 5.97 Å². The number of benzene rings is 1. The Balaban J connectivity index is 1.88. The molecule has 0 aromatic heterocycles. The molecule has 1 aromatic carbocycles. The highest BCUT2D eigenvalue weighted by molar-refractivity contribution is 5.87. The minimum atomic E-state index is -0.882. The molecule has 1 unspecified atom stereocenters. The summed E-state index contributed by atoms with van der Waals surface area (Å²) in [6.07, 6.45) is 2.50. The van der Waals surface area contributed by atoms with Gasteiger partial charge in [0.05, 0.1) is 5.56 Å². The second kappa shape index (κ2) is 5.19. The van der Waals surface area contributed by atoms with Gasteiger partial charge < -0.3 is 15.3 Å². The fourth-order valence-corrected chi connectivity index (χ4v) is 2.20. The number of carboxylic acid groups (broad SMARTS) is 1. The maximum atomic E-state index is 10.7. The summed E-state index contributed by atoms with van der Waals surface area (Å²) in [6.45, 7) is 2.09. The SMILES string of the molecule is CN1CCCC1CNc1ccc(C(=O)O)cc1. The summed E-state index contributed by atoms with van der Waals surface area (Å²) in [7, 11) is 2.15. The summed E-state index contributed by atoms with van der Waals surface area (Å²) in [5.74, 6) is -0.882. The van der Waals surface area contributed by atoms with Crippen molar-refractivity contribution in [3.8, 4) is 0 Å². The van der Waals surface area contributed by atoms with E-state index in [1.807, 2.05) is 12.1 Å². The zero-order valence-electron chi connectivity index (χ0n) is 10.0. The van der Waals surface area contributed by atoms with Gasteiger partial charge in [-0.05, 0) is 50.7 Å². The van der Waals surface area contributed by atoms with Crippen LogP contribution in [0.2, 0.25) is 0 Å². The van der Waals surface area contributed by atoms with Crippen LogP contribution in [0.15, 0.2) is 24.3 Å². The molecule has 1 aromatic rings. The largest absolute Gasteiger partial charge is 0.478 e. The lowest BCUT2D eigenvalue weighted by Crippen LogP contribution is -2.31. The van der Waals surface area contributed by atoms with Gasteiger partial charge in [0.2, 0.25) is 0 Å². The number of carboxylic acids is 1. The molecule has 1 fully saturated rings. The van der Waals surface area contributed by atoms with Crippen LogP contribution in [0.1, 0.15) is 23.2 Å². The maximum absolute atomic E-state index is 10.7. The minimum Gasteiger partial charge on any atom is -0.478 e. The van der Waals surface area contributed by atoms with Crippen molar-refractivity contribution < 1.29 is 9.90 Å². The molecule has 4 nitrogen and oxygen atoms in total. The molecule has 0 spiro atoms. The molecule has 4 heteroatoms. The van der Waals surface area contributed by atoms with Crippen molar-refractivity contribution in [2.75, 3.05) is 25.5 Å². The lowest BCUT2D eigenvalue weighted by atomic mass is 10.2. The molecule has 1 saturated heterocycles.